The van der Waals surface area contributed by atoms with E-state index in [1.165, 1.54) is 12.1 Å². The Balaban J connectivity index is 2.70. The van der Waals surface area contributed by atoms with E-state index in [0.29, 0.717) is 5.56 Å². The number of hydrogen-bond acceptors (Lipinski definition) is 3. The maximum absolute atomic E-state index is 13.5. The first-order valence-corrected chi connectivity index (χ1v) is 5.61. The molecule has 1 unspecified atom stereocenters. The zero-order valence-corrected chi connectivity index (χ0v) is 10.4. The molecule has 0 saturated heterocycles. The van der Waals surface area contributed by atoms with Crippen molar-refractivity contribution in [3.05, 3.63) is 29.6 Å². The van der Waals surface area contributed by atoms with E-state index in [2.05, 4.69) is 0 Å². The van der Waals surface area contributed by atoms with Crippen LogP contribution >= 0.6 is 0 Å². The van der Waals surface area contributed by atoms with Gasteiger partial charge in [-0.2, -0.15) is 0 Å². The topological polar surface area (TPSA) is 49.7 Å². The third-order valence-electron chi connectivity index (χ3n) is 2.94. The van der Waals surface area contributed by atoms with Crippen molar-refractivity contribution in [3.63, 3.8) is 0 Å². The summed E-state index contributed by atoms with van der Waals surface area (Å²) >= 11 is 0. The van der Waals surface area contributed by atoms with Gasteiger partial charge < -0.3 is 14.9 Å². The molecule has 96 valence electrons. The number of aliphatic hydroxyl groups is 2. The van der Waals surface area contributed by atoms with Gasteiger partial charge in [0.15, 0.2) is 11.6 Å². The molecule has 17 heavy (non-hydrogen) atoms. The van der Waals surface area contributed by atoms with Gasteiger partial charge in [-0.1, -0.05) is 19.9 Å². The van der Waals surface area contributed by atoms with E-state index in [-0.39, 0.29) is 24.9 Å². The molecule has 2 N–H and O–H groups in total. The van der Waals surface area contributed by atoms with E-state index in [1.807, 2.05) is 13.8 Å². The molecule has 4 heteroatoms. The van der Waals surface area contributed by atoms with Gasteiger partial charge in [0.2, 0.25) is 0 Å². The van der Waals surface area contributed by atoms with E-state index in [1.54, 1.807) is 13.0 Å². The molecule has 1 atom stereocenters. The third kappa shape index (κ3) is 3.68. The van der Waals surface area contributed by atoms with Crippen LogP contribution in [0.2, 0.25) is 0 Å². The monoisotopic (exact) mass is 242 g/mol. The number of aliphatic hydroxyl groups excluding tert-OH is 1. The first-order chi connectivity index (χ1) is 7.86. The van der Waals surface area contributed by atoms with Gasteiger partial charge >= 0.3 is 0 Å². The molecular weight excluding hydrogens is 223 g/mol. The van der Waals surface area contributed by atoms with Crippen LogP contribution in [0.3, 0.4) is 0 Å². The normalized spacial score (nSPS) is 14.8. The van der Waals surface area contributed by atoms with E-state index >= 15 is 0 Å². The zero-order chi connectivity index (χ0) is 13.1. The molecule has 0 heterocycles. The number of ether oxygens (including phenoxy) is 1. The number of rotatable bonds is 5. The lowest BCUT2D eigenvalue weighted by molar-refractivity contribution is -0.0275. The Morgan fingerprint density at radius 3 is 2.53 bits per heavy atom. The largest absolute Gasteiger partial charge is 0.488 e. The maximum atomic E-state index is 13.5. The predicted octanol–water partition coefficient (Wildman–Crippen LogP) is 2.10. The Labute approximate surface area is 101 Å². The lowest BCUT2D eigenvalue weighted by Gasteiger charge is -2.27. The number of benzene rings is 1. The number of hydrogen-bond donors (Lipinski definition) is 2. The molecule has 1 aromatic rings. The van der Waals surface area contributed by atoms with Gasteiger partial charge in [-0.25, -0.2) is 4.39 Å². The molecule has 0 aliphatic rings. The van der Waals surface area contributed by atoms with Crippen molar-refractivity contribution in [2.45, 2.75) is 33.0 Å². The van der Waals surface area contributed by atoms with Gasteiger partial charge in [0.1, 0.15) is 6.61 Å². The van der Waals surface area contributed by atoms with E-state index in [9.17, 15) is 9.50 Å². The highest BCUT2D eigenvalue weighted by Crippen LogP contribution is 2.22. The SMILES string of the molecule is CC(C)C(C)(O)COc1ccc(CO)cc1F. The minimum atomic E-state index is -0.998. The van der Waals surface area contributed by atoms with Crippen LogP contribution in [-0.2, 0) is 6.61 Å². The summed E-state index contributed by atoms with van der Waals surface area (Å²) in [4.78, 5) is 0. The first-order valence-electron chi connectivity index (χ1n) is 5.61. The van der Waals surface area contributed by atoms with Gasteiger partial charge in [0.25, 0.3) is 0 Å². The molecule has 0 radical (unpaired) electrons. The minimum absolute atomic E-state index is 0.0160. The summed E-state index contributed by atoms with van der Waals surface area (Å²) in [6.07, 6.45) is 0. The van der Waals surface area contributed by atoms with Crippen LogP contribution in [0.15, 0.2) is 18.2 Å². The smallest absolute Gasteiger partial charge is 0.165 e. The molecule has 0 spiro atoms. The van der Waals surface area contributed by atoms with E-state index in [0.717, 1.165) is 0 Å². The molecule has 0 aliphatic carbocycles. The Kier molecular flexibility index (Phi) is 4.48. The molecule has 0 amide bonds. The minimum Gasteiger partial charge on any atom is -0.488 e. The standard InChI is InChI=1S/C13H19FO3/c1-9(2)13(3,16)8-17-12-5-4-10(7-15)6-11(12)14/h4-6,9,15-16H,7-8H2,1-3H3. The van der Waals surface area contributed by atoms with E-state index < -0.39 is 11.4 Å². The van der Waals surface area contributed by atoms with Crippen LogP contribution in [0, 0.1) is 11.7 Å². The number of halogens is 1. The fraction of sp³-hybridized carbons (Fsp3) is 0.538. The van der Waals surface area contributed by atoms with Crippen molar-refractivity contribution < 1.29 is 19.3 Å². The van der Waals surface area contributed by atoms with Crippen molar-refractivity contribution >= 4 is 0 Å². The Bertz CT molecular complexity index is 375. The molecule has 1 aromatic carbocycles. The fourth-order valence-corrected chi connectivity index (χ4v) is 1.15. The summed E-state index contributed by atoms with van der Waals surface area (Å²) in [6, 6.07) is 4.26. The Morgan fingerprint density at radius 2 is 2.06 bits per heavy atom. The zero-order valence-electron chi connectivity index (χ0n) is 10.4. The van der Waals surface area contributed by atoms with Crippen molar-refractivity contribution in [2.24, 2.45) is 5.92 Å². The summed E-state index contributed by atoms with van der Waals surface area (Å²) in [7, 11) is 0. The molecule has 0 bridgehead atoms. The second-order valence-corrected chi connectivity index (χ2v) is 4.72. The van der Waals surface area contributed by atoms with Gasteiger partial charge in [-0.3, -0.25) is 0 Å². The van der Waals surface area contributed by atoms with Crippen LogP contribution in [0.1, 0.15) is 26.3 Å². The Morgan fingerprint density at radius 1 is 1.41 bits per heavy atom. The first kappa shape index (κ1) is 13.9. The summed E-state index contributed by atoms with van der Waals surface area (Å²) in [5.74, 6) is -0.429. The average Bonchev–Trinajstić information content (AvgIpc) is 2.27. The van der Waals surface area contributed by atoms with Crippen molar-refractivity contribution in [3.8, 4) is 5.75 Å². The summed E-state index contributed by atoms with van der Waals surface area (Å²) < 4.78 is 18.8. The average molecular weight is 242 g/mol. The third-order valence-corrected chi connectivity index (χ3v) is 2.94. The molecule has 0 fully saturated rings. The predicted molar refractivity (Wildman–Crippen MR) is 63.3 cm³/mol. The van der Waals surface area contributed by atoms with Gasteiger partial charge in [-0.15, -0.1) is 0 Å². The molecule has 0 aliphatic heterocycles. The second-order valence-electron chi connectivity index (χ2n) is 4.72. The molecule has 0 aromatic heterocycles. The van der Waals surface area contributed by atoms with Gasteiger partial charge in [0, 0.05) is 0 Å². The molecule has 1 rings (SSSR count). The summed E-state index contributed by atoms with van der Waals surface area (Å²) in [6.45, 7) is 5.21. The maximum Gasteiger partial charge on any atom is 0.165 e. The summed E-state index contributed by atoms with van der Waals surface area (Å²) in [5.41, 5.74) is -0.507. The lowest BCUT2D eigenvalue weighted by Crippen LogP contribution is -2.37. The second kappa shape index (κ2) is 5.47. The highest BCUT2D eigenvalue weighted by atomic mass is 19.1. The quantitative estimate of drug-likeness (QED) is 0.831. The Hall–Kier alpha value is -1.13. The lowest BCUT2D eigenvalue weighted by atomic mass is 9.94. The van der Waals surface area contributed by atoms with Gasteiger partial charge in [0.05, 0.1) is 12.2 Å². The van der Waals surface area contributed by atoms with Crippen molar-refractivity contribution in [1.29, 1.82) is 0 Å². The highest BCUT2D eigenvalue weighted by molar-refractivity contribution is 5.29. The van der Waals surface area contributed by atoms with Gasteiger partial charge in [-0.05, 0) is 30.5 Å². The van der Waals surface area contributed by atoms with Crippen LogP contribution in [0.5, 0.6) is 5.75 Å². The van der Waals surface area contributed by atoms with Crippen LogP contribution in [0.25, 0.3) is 0 Å². The highest BCUT2D eigenvalue weighted by Gasteiger charge is 2.26. The molecular formula is C13H19FO3. The molecule has 3 nitrogen and oxygen atoms in total. The van der Waals surface area contributed by atoms with Crippen molar-refractivity contribution in [2.75, 3.05) is 6.61 Å². The fourth-order valence-electron chi connectivity index (χ4n) is 1.15. The van der Waals surface area contributed by atoms with Crippen LogP contribution in [0.4, 0.5) is 4.39 Å². The van der Waals surface area contributed by atoms with Crippen LogP contribution < -0.4 is 4.74 Å². The van der Waals surface area contributed by atoms with E-state index in [4.69, 9.17) is 9.84 Å². The summed E-state index contributed by atoms with van der Waals surface area (Å²) in [5, 5.41) is 18.8. The molecule has 0 saturated carbocycles. The van der Waals surface area contributed by atoms with Crippen molar-refractivity contribution in [1.82, 2.24) is 0 Å². The van der Waals surface area contributed by atoms with Crippen LogP contribution in [-0.4, -0.2) is 22.4 Å².